The number of nitrogens with zero attached hydrogens (tertiary/aromatic N) is 3. The van der Waals surface area contributed by atoms with Gasteiger partial charge in [0.05, 0.1) is 24.0 Å². The SMILES string of the molecule is O=C1CCCN1Cn1cnc2ccccc21. The fraction of sp³-hybridized carbons (Fsp3) is 0.333. The Kier molecular flexibility index (Phi) is 2.13. The largest absolute Gasteiger partial charge is 0.325 e. The molecule has 0 spiro atoms. The summed E-state index contributed by atoms with van der Waals surface area (Å²) in [6.07, 6.45) is 3.47. The van der Waals surface area contributed by atoms with E-state index in [1.54, 1.807) is 6.33 Å². The Morgan fingerprint density at radius 1 is 1.31 bits per heavy atom. The topological polar surface area (TPSA) is 38.1 Å². The molecule has 82 valence electrons. The molecule has 1 aromatic carbocycles. The number of benzene rings is 1. The highest BCUT2D eigenvalue weighted by Crippen LogP contribution is 2.15. The van der Waals surface area contributed by atoms with Crippen molar-refractivity contribution in [2.45, 2.75) is 19.5 Å². The third kappa shape index (κ3) is 1.46. The van der Waals surface area contributed by atoms with Crippen LogP contribution in [0.3, 0.4) is 0 Å². The zero-order valence-electron chi connectivity index (χ0n) is 8.97. The van der Waals surface area contributed by atoms with Crippen molar-refractivity contribution in [2.75, 3.05) is 6.54 Å². The fourth-order valence-corrected chi connectivity index (χ4v) is 2.16. The lowest BCUT2D eigenvalue weighted by atomic mass is 10.3. The molecule has 3 rings (SSSR count). The van der Waals surface area contributed by atoms with E-state index in [0.29, 0.717) is 13.1 Å². The third-order valence-corrected chi connectivity index (χ3v) is 3.02. The van der Waals surface area contributed by atoms with Crippen LogP contribution in [-0.2, 0) is 11.5 Å². The Morgan fingerprint density at radius 3 is 3.00 bits per heavy atom. The number of rotatable bonds is 2. The molecule has 0 saturated carbocycles. The number of hydrogen-bond acceptors (Lipinski definition) is 2. The maximum absolute atomic E-state index is 11.5. The average molecular weight is 215 g/mol. The quantitative estimate of drug-likeness (QED) is 0.763. The van der Waals surface area contributed by atoms with E-state index in [0.717, 1.165) is 24.0 Å². The summed E-state index contributed by atoms with van der Waals surface area (Å²) in [5, 5.41) is 0. The summed E-state index contributed by atoms with van der Waals surface area (Å²) in [6.45, 7) is 1.49. The van der Waals surface area contributed by atoms with E-state index in [1.165, 1.54) is 0 Å². The molecule has 2 heterocycles. The zero-order chi connectivity index (χ0) is 11.0. The normalized spacial score (nSPS) is 16.2. The van der Waals surface area contributed by atoms with Gasteiger partial charge >= 0.3 is 0 Å². The summed E-state index contributed by atoms with van der Waals surface area (Å²) in [4.78, 5) is 17.7. The molecule has 4 heteroatoms. The summed E-state index contributed by atoms with van der Waals surface area (Å²) in [6, 6.07) is 7.98. The molecular formula is C12H13N3O. The number of para-hydroxylation sites is 2. The number of carbonyl (C=O) groups is 1. The van der Waals surface area contributed by atoms with Crippen LogP contribution in [0.5, 0.6) is 0 Å². The van der Waals surface area contributed by atoms with Gasteiger partial charge in [0.15, 0.2) is 0 Å². The van der Waals surface area contributed by atoms with Crippen LogP contribution in [0.2, 0.25) is 0 Å². The predicted molar refractivity (Wildman–Crippen MR) is 60.7 cm³/mol. The van der Waals surface area contributed by atoms with Crippen molar-refractivity contribution in [3.8, 4) is 0 Å². The summed E-state index contributed by atoms with van der Waals surface area (Å²) in [5.74, 6) is 0.248. The molecule has 0 unspecified atom stereocenters. The van der Waals surface area contributed by atoms with Crippen LogP contribution in [0.1, 0.15) is 12.8 Å². The Morgan fingerprint density at radius 2 is 2.19 bits per heavy atom. The molecule has 0 atom stereocenters. The van der Waals surface area contributed by atoms with Crippen LogP contribution in [0, 0.1) is 0 Å². The van der Waals surface area contributed by atoms with Gasteiger partial charge in [0.2, 0.25) is 5.91 Å². The fourth-order valence-electron chi connectivity index (χ4n) is 2.16. The van der Waals surface area contributed by atoms with Crippen LogP contribution in [0.25, 0.3) is 11.0 Å². The number of carbonyl (C=O) groups excluding carboxylic acids is 1. The number of imidazole rings is 1. The molecule has 0 bridgehead atoms. The second-order valence-corrected chi connectivity index (χ2v) is 4.11. The van der Waals surface area contributed by atoms with Gasteiger partial charge in [-0.15, -0.1) is 0 Å². The first-order valence-corrected chi connectivity index (χ1v) is 5.52. The van der Waals surface area contributed by atoms with Crippen molar-refractivity contribution in [2.24, 2.45) is 0 Å². The Labute approximate surface area is 93.5 Å². The highest BCUT2D eigenvalue weighted by atomic mass is 16.2. The molecule has 16 heavy (non-hydrogen) atoms. The lowest BCUT2D eigenvalue weighted by Crippen LogP contribution is -2.26. The molecule has 4 nitrogen and oxygen atoms in total. The first kappa shape index (κ1) is 9.39. The molecule has 1 amide bonds. The smallest absolute Gasteiger partial charge is 0.224 e. The molecule has 1 aliphatic heterocycles. The van der Waals surface area contributed by atoms with Gasteiger partial charge in [0, 0.05) is 13.0 Å². The number of fused-ring (bicyclic) bond motifs is 1. The monoisotopic (exact) mass is 215 g/mol. The van der Waals surface area contributed by atoms with E-state index in [2.05, 4.69) is 4.98 Å². The van der Waals surface area contributed by atoms with Gasteiger partial charge in [0.25, 0.3) is 0 Å². The third-order valence-electron chi connectivity index (χ3n) is 3.02. The van der Waals surface area contributed by atoms with Gasteiger partial charge in [-0.25, -0.2) is 4.98 Å². The Balaban J connectivity index is 1.92. The molecular weight excluding hydrogens is 202 g/mol. The minimum atomic E-state index is 0.248. The van der Waals surface area contributed by atoms with Gasteiger partial charge in [-0.3, -0.25) is 4.79 Å². The first-order valence-electron chi connectivity index (χ1n) is 5.52. The predicted octanol–water partition coefficient (Wildman–Crippen LogP) is 1.62. The highest BCUT2D eigenvalue weighted by molar-refractivity contribution is 5.78. The van der Waals surface area contributed by atoms with Crippen LogP contribution in [0.15, 0.2) is 30.6 Å². The van der Waals surface area contributed by atoms with Crippen molar-refractivity contribution in [3.05, 3.63) is 30.6 Å². The first-order chi connectivity index (χ1) is 7.84. The maximum atomic E-state index is 11.5. The maximum Gasteiger partial charge on any atom is 0.224 e. The summed E-state index contributed by atoms with van der Waals surface area (Å²) >= 11 is 0. The molecule has 1 aliphatic rings. The van der Waals surface area contributed by atoms with Crippen molar-refractivity contribution >= 4 is 16.9 Å². The van der Waals surface area contributed by atoms with Crippen LogP contribution >= 0.6 is 0 Å². The summed E-state index contributed by atoms with van der Waals surface area (Å²) < 4.78 is 2.03. The second-order valence-electron chi connectivity index (χ2n) is 4.11. The van der Waals surface area contributed by atoms with Crippen molar-refractivity contribution in [3.63, 3.8) is 0 Å². The summed E-state index contributed by atoms with van der Waals surface area (Å²) in [7, 11) is 0. The van der Waals surface area contributed by atoms with Crippen LogP contribution in [-0.4, -0.2) is 26.9 Å². The zero-order valence-corrected chi connectivity index (χ0v) is 8.97. The highest BCUT2D eigenvalue weighted by Gasteiger charge is 2.20. The Hall–Kier alpha value is -1.84. The Bertz CT molecular complexity index is 532. The van der Waals surface area contributed by atoms with Gasteiger partial charge in [-0.2, -0.15) is 0 Å². The standard InChI is InChI=1S/C12H13N3O/c16-12-6-3-7-14(12)9-15-8-13-10-4-1-2-5-11(10)15/h1-2,4-5,8H,3,6-7,9H2. The number of aromatic nitrogens is 2. The summed E-state index contributed by atoms with van der Waals surface area (Å²) in [5.41, 5.74) is 2.07. The van der Waals surface area contributed by atoms with Gasteiger partial charge in [-0.05, 0) is 18.6 Å². The molecule has 1 saturated heterocycles. The van der Waals surface area contributed by atoms with Crippen molar-refractivity contribution in [1.29, 1.82) is 0 Å². The molecule has 0 aliphatic carbocycles. The van der Waals surface area contributed by atoms with E-state index in [4.69, 9.17) is 0 Å². The average Bonchev–Trinajstić information content (AvgIpc) is 2.88. The molecule has 2 aromatic rings. The van der Waals surface area contributed by atoms with Gasteiger partial charge < -0.3 is 9.47 Å². The van der Waals surface area contributed by atoms with Gasteiger partial charge in [0.1, 0.15) is 0 Å². The van der Waals surface area contributed by atoms with E-state index >= 15 is 0 Å². The van der Waals surface area contributed by atoms with Crippen molar-refractivity contribution < 1.29 is 4.79 Å². The lowest BCUT2D eigenvalue weighted by Gasteiger charge is -2.16. The minimum absolute atomic E-state index is 0.248. The van der Waals surface area contributed by atoms with E-state index in [9.17, 15) is 4.79 Å². The van der Waals surface area contributed by atoms with Crippen LogP contribution < -0.4 is 0 Å². The van der Waals surface area contributed by atoms with Gasteiger partial charge in [-0.1, -0.05) is 12.1 Å². The molecule has 1 aromatic heterocycles. The minimum Gasteiger partial charge on any atom is -0.325 e. The molecule has 0 N–H and O–H groups in total. The van der Waals surface area contributed by atoms with Crippen molar-refractivity contribution in [1.82, 2.24) is 14.5 Å². The lowest BCUT2D eigenvalue weighted by molar-refractivity contribution is -0.129. The number of amides is 1. The van der Waals surface area contributed by atoms with E-state index < -0.39 is 0 Å². The molecule has 1 fully saturated rings. The second kappa shape index (κ2) is 3.63. The number of hydrogen-bond donors (Lipinski definition) is 0. The van der Waals surface area contributed by atoms with E-state index in [1.807, 2.05) is 33.7 Å². The molecule has 0 radical (unpaired) electrons. The van der Waals surface area contributed by atoms with E-state index in [-0.39, 0.29) is 5.91 Å². The number of likely N-dealkylation sites (tertiary alicyclic amines) is 1. The van der Waals surface area contributed by atoms with Crippen LogP contribution in [0.4, 0.5) is 0 Å².